The summed E-state index contributed by atoms with van der Waals surface area (Å²) in [4.78, 5) is 15.0. The lowest BCUT2D eigenvalue weighted by Gasteiger charge is -2.31. The molecule has 158 valence electrons. The molecule has 1 N–H and O–H groups in total. The Balaban J connectivity index is 2.00. The van der Waals surface area contributed by atoms with E-state index in [2.05, 4.69) is 26.1 Å². The average Bonchev–Trinajstić information content (AvgIpc) is 3.16. The van der Waals surface area contributed by atoms with Crippen molar-refractivity contribution in [3.05, 3.63) is 40.8 Å². The van der Waals surface area contributed by atoms with Crippen LogP contribution in [0.4, 0.5) is 11.4 Å². The number of halogens is 1. The monoisotopic (exact) mass is 483 g/mol. The van der Waals surface area contributed by atoms with Crippen LogP contribution in [0, 0.1) is 0 Å². The number of hydrogen-bond acceptors (Lipinski definition) is 5. The van der Waals surface area contributed by atoms with E-state index in [0.717, 1.165) is 31.6 Å². The summed E-state index contributed by atoms with van der Waals surface area (Å²) >= 11 is 3.19. The van der Waals surface area contributed by atoms with E-state index in [1.165, 1.54) is 10.7 Å². The fraction of sp³-hybridized carbons (Fsp3) is 0.450. The molecule has 3 rings (SSSR count). The Bertz CT molecular complexity index is 964. The molecule has 1 saturated heterocycles. The summed E-state index contributed by atoms with van der Waals surface area (Å²) < 4.78 is 33.1. The molecule has 0 bridgehead atoms. The number of carbonyl (C=O) groups is 1. The van der Waals surface area contributed by atoms with Gasteiger partial charge in [0.15, 0.2) is 10.4 Å². The zero-order valence-corrected chi connectivity index (χ0v) is 19.1. The van der Waals surface area contributed by atoms with Crippen LogP contribution in [0.15, 0.2) is 44.3 Å². The summed E-state index contributed by atoms with van der Waals surface area (Å²) in [7, 11) is -3.63. The highest BCUT2D eigenvalue weighted by atomic mass is 79.9. The predicted octanol–water partition coefficient (Wildman–Crippen LogP) is 4.32. The second-order valence-electron chi connectivity index (χ2n) is 6.87. The van der Waals surface area contributed by atoms with Crippen LogP contribution in [0.2, 0.25) is 0 Å². The predicted molar refractivity (Wildman–Crippen MR) is 117 cm³/mol. The van der Waals surface area contributed by atoms with Gasteiger partial charge < -0.3 is 14.6 Å². The molecule has 0 spiro atoms. The van der Waals surface area contributed by atoms with E-state index in [9.17, 15) is 13.2 Å². The van der Waals surface area contributed by atoms with Crippen LogP contribution in [0.3, 0.4) is 0 Å². The molecule has 1 aliphatic heterocycles. The molecule has 0 saturated carbocycles. The van der Waals surface area contributed by atoms with Crippen molar-refractivity contribution in [1.82, 2.24) is 4.31 Å². The van der Waals surface area contributed by atoms with E-state index >= 15 is 0 Å². The van der Waals surface area contributed by atoms with Gasteiger partial charge in [0.25, 0.3) is 5.91 Å². The van der Waals surface area contributed by atoms with Gasteiger partial charge in [-0.05, 0) is 65.5 Å². The standard InChI is InChI=1S/C20H26BrN3O4S/c1-3-24(4-2)29(26,27)15-8-9-17(23-12-6-5-7-13-23)16(14-15)22-20(25)18-10-11-19(21)28-18/h8-11,14H,3-7,12-13H2,1-2H3,(H,22,25). The molecular weight excluding hydrogens is 458 g/mol. The molecule has 9 heteroatoms. The minimum Gasteiger partial charge on any atom is -0.444 e. The van der Waals surface area contributed by atoms with Gasteiger partial charge in [-0.1, -0.05) is 13.8 Å². The molecule has 0 atom stereocenters. The molecule has 0 aliphatic carbocycles. The second kappa shape index (κ2) is 9.32. The van der Waals surface area contributed by atoms with E-state index in [0.29, 0.717) is 23.4 Å². The number of amides is 1. The smallest absolute Gasteiger partial charge is 0.291 e. The van der Waals surface area contributed by atoms with Crippen molar-refractivity contribution >= 4 is 43.2 Å². The number of nitrogens with one attached hydrogen (secondary N) is 1. The Labute approximate surface area is 180 Å². The lowest BCUT2D eigenvalue weighted by molar-refractivity contribution is 0.0995. The maximum atomic E-state index is 13.0. The molecule has 29 heavy (non-hydrogen) atoms. The third kappa shape index (κ3) is 4.84. The third-order valence-corrected chi connectivity index (χ3v) is 7.53. The normalized spacial score (nSPS) is 15.0. The molecule has 1 amide bonds. The Morgan fingerprint density at radius 1 is 1.14 bits per heavy atom. The highest BCUT2D eigenvalue weighted by molar-refractivity contribution is 9.10. The van der Waals surface area contributed by atoms with Gasteiger partial charge in [-0.15, -0.1) is 0 Å². The van der Waals surface area contributed by atoms with Crippen LogP contribution in [-0.4, -0.2) is 44.8 Å². The molecule has 2 aromatic rings. The highest BCUT2D eigenvalue weighted by Crippen LogP contribution is 2.32. The quantitative estimate of drug-likeness (QED) is 0.633. The first kappa shape index (κ1) is 21.9. The largest absolute Gasteiger partial charge is 0.444 e. The Hall–Kier alpha value is -1.84. The zero-order chi connectivity index (χ0) is 21.0. The van der Waals surface area contributed by atoms with Crippen LogP contribution >= 0.6 is 15.9 Å². The molecule has 1 aromatic carbocycles. The van der Waals surface area contributed by atoms with Crippen molar-refractivity contribution in [2.45, 2.75) is 38.0 Å². The maximum absolute atomic E-state index is 13.0. The van der Waals surface area contributed by atoms with Crippen LogP contribution in [0.5, 0.6) is 0 Å². The zero-order valence-electron chi connectivity index (χ0n) is 16.7. The van der Waals surface area contributed by atoms with Gasteiger partial charge in [0.2, 0.25) is 10.0 Å². The Kier molecular flexibility index (Phi) is 7.02. The Morgan fingerprint density at radius 3 is 2.41 bits per heavy atom. The first-order valence-corrected chi connectivity index (χ1v) is 12.1. The molecule has 1 fully saturated rings. The van der Waals surface area contributed by atoms with Gasteiger partial charge in [-0.3, -0.25) is 4.79 Å². The van der Waals surface area contributed by atoms with Gasteiger partial charge in [0.05, 0.1) is 16.3 Å². The summed E-state index contributed by atoms with van der Waals surface area (Å²) in [5, 5.41) is 2.85. The number of furan rings is 1. The van der Waals surface area contributed by atoms with E-state index in [1.54, 1.807) is 44.2 Å². The van der Waals surface area contributed by atoms with Crippen LogP contribution in [0.25, 0.3) is 0 Å². The average molecular weight is 484 g/mol. The number of piperidine rings is 1. The van der Waals surface area contributed by atoms with Gasteiger partial charge >= 0.3 is 0 Å². The SMILES string of the molecule is CCN(CC)S(=O)(=O)c1ccc(N2CCCCC2)c(NC(=O)c2ccc(Br)o2)c1. The van der Waals surface area contributed by atoms with Crippen LogP contribution in [0.1, 0.15) is 43.7 Å². The summed E-state index contributed by atoms with van der Waals surface area (Å²) in [5.41, 5.74) is 1.29. The van der Waals surface area contributed by atoms with Gasteiger partial charge in [-0.2, -0.15) is 4.31 Å². The summed E-state index contributed by atoms with van der Waals surface area (Å²) in [6, 6.07) is 8.16. The number of anilines is 2. The van der Waals surface area contributed by atoms with E-state index in [1.807, 2.05) is 0 Å². The van der Waals surface area contributed by atoms with E-state index in [4.69, 9.17) is 4.42 Å². The fourth-order valence-electron chi connectivity index (χ4n) is 3.52. The Morgan fingerprint density at radius 2 is 1.83 bits per heavy atom. The maximum Gasteiger partial charge on any atom is 0.291 e. The molecule has 2 heterocycles. The summed E-state index contributed by atoms with van der Waals surface area (Å²) in [6.45, 7) is 6.12. The number of nitrogens with zero attached hydrogens (tertiary/aromatic N) is 2. The molecule has 1 aromatic heterocycles. The van der Waals surface area contributed by atoms with Crippen LogP contribution in [-0.2, 0) is 10.0 Å². The lowest BCUT2D eigenvalue weighted by Crippen LogP contribution is -2.32. The highest BCUT2D eigenvalue weighted by Gasteiger charge is 2.25. The van der Waals surface area contributed by atoms with Crippen molar-refractivity contribution in [3.8, 4) is 0 Å². The second-order valence-corrected chi connectivity index (χ2v) is 9.59. The van der Waals surface area contributed by atoms with E-state index < -0.39 is 15.9 Å². The van der Waals surface area contributed by atoms with Gasteiger partial charge in [0, 0.05) is 26.2 Å². The van der Waals surface area contributed by atoms with Crippen molar-refractivity contribution in [1.29, 1.82) is 0 Å². The molecule has 7 nitrogen and oxygen atoms in total. The minimum atomic E-state index is -3.63. The number of rotatable bonds is 7. The molecular formula is C20H26BrN3O4S. The number of carbonyl (C=O) groups excluding carboxylic acids is 1. The molecule has 0 unspecified atom stereocenters. The van der Waals surface area contributed by atoms with Crippen molar-refractivity contribution in [2.75, 3.05) is 36.4 Å². The topological polar surface area (TPSA) is 82.9 Å². The van der Waals surface area contributed by atoms with Gasteiger partial charge in [0.1, 0.15) is 0 Å². The number of hydrogen-bond donors (Lipinski definition) is 1. The van der Waals surface area contributed by atoms with Crippen LogP contribution < -0.4 is 10.2 Å². The van der Waals surface area contributed by atoms with Crippen molar-refractivity contribution < 1.29 is 17.6 Å². The minimum absolute atomic E-state index is 0.151. The summed E-state index contributed by atoms with van der Waals surface area (Å²) in [5.74, 6) is -0.273. The molecule has 0 radical (unpaired) electrons. The van der Waals surface area contributed by atoms with Gasteiger partial charge in [-0.25, -0.2) is 8.42 Å². The number of benzene rings is 1. The van der Waals surface area contributed by atoms with E-state index in [-0.39, 0.29) is 10.7 Å². The first-order valence-electron chi connectivity index (χ1n) is 9.82. The summed E-state index contributed by atoms with van der Waals surface area (Å²) in [6.07, 6.45) is 3.31. The fourth-order valence-corrected chi connectivity index (χ4v) is 5.31. The van der Waals surface area contributed by atoms with Crippen molar-refractivity contribution in [3.63, 3.8) is 0 Å². The first-order chi connectivity index (χ1) is 13.9. The lowest BCUT2D eigenvalue weighted by atomic mass is 10.1. The van der Waals surface area contributed by atoms with Crippen molar-refractivity contribution in [2.24, 2.45) is 0 Å². The third-order valence-electron chi connectivity index (χ3n) is 5.05. The molecule has 1 aliphatic rings. The number of sulfonamides is 1.